The Morgan fingerprint density at radius 2 is 1.89 bits per heavy atom. The summed E-state index contributed by atoms with van der Waals surface area (Å²) in [6.07, 6.45) is 2.64. The second-order valence-corrected chi connectivity index (χ2v) is 5.49. The van der Waals surface area contributed by atoms with Crippen molar-refractivity contribution in [2.45, 2.75) is 63.6 Å². The van der Waals surface area contributed by atoms with Crippen LogP contribution >= 0.6 is 0 Å². The molecule has 0 saturated heterocycles. The fraction of sp³-hybridized carbons (Fsp3) is 1.00. The molecule has 5 heteroatoms. The number of rotatable bonds is 6. The number of ether oxygens (including phenoxy) is 1. The van der Waals surface area contributed by atoms with E-state index in [4.69, 9.17) is 5.73 Å². The summed E-state index contributed by atoms with van der Waals surface area (Å²) in [4.78, 5) is 0. The van der Waals surface area contributed by atoms with E-state index in [2.05, 4.69) is 11.7 Å². The molecule has 0 bridgehead atoms. The Balaban J connectivity index is 2.12. The molecule has 1 fully saturated rings. The van der Waals surface area contributed by atoms with E-state index in [-0.39, 0.29) is 12.1 Å². The third kappa shape index (κ3) is 6.05. The van der Waals surface area contributed by atoms with E-state index >= 15 is 0 Å². The van der Waals surface area contributed by atoms with E-state index in [0.717, 1.165) is 38.0 Å². The van der Waals surface area contributed by atoms with Gasteiger partial charge in [-0.05, 0) is 44.4 Å². The van der Waals surface area contributed by atoms with Crippen LogP contribution < -0.4 is 5.73 Å². The van der Waals surface area contributed by atoms with Gasteiger partial charge in [-0.1, -0.05) is 13.3 Å². The molecule has 2 nitrogen and oxygen atoms in total. The van der Waals surface area contributed by atoms with Crippen LogP contribution in [0.25, 0.3) is 0 Å². The molecule has 2 N–H and O–H groups in total. The average Bonchev–Trinajstić information content (AvgIpc) is 2.28. The molecule has 0 aliphatic heterocycles. The van der Waals surface area contributed by atoms with Crippen molar-refractivity contribution >= 4 is 0 Å². The molecule has 0 aromatic carbocycles. The monoisotopic (exact) mass is 267 g/mol. The average molecular weight is 267 g/mol. The summed E-state index contributed by atoms with van der Waals surface area (Å²) in [5.74, 6) is 0.781. The second-order valence-electron chi connectivity index (χ2n) is 5.49. The quantitative estimate of drug-likeness (QED) is 0.746. The maximum absolute atomic E-state index is 11.8. The van der Waals surface area contributed by atoms with Gasteiger partial charge in [-0.15, -0.1) is 0 Å². The van der Waals surface area contributed by atoms with E-state index in [1.54, 1.807) is 0 Å². The van der Waals surface area contributed by atoms with E-state index < -0.39 is 12.8 Å². The number of alkyl halides is 3. The highest BCUT2D eigenvalue weighted by Crippen LogP contribution is 2.34. The minimum atomic E-state index is -4.22. The number of nitrogens with two attached hydrogens (primary N) is 1. The first-order chi connectivity index (χ1) is 8.35. The normalized spacial score (nSPS) is 29.5. The van der Waals surface area contributed by atoms with Crippen LogP contribution in [0.3, 0.4) is 0 Å². The molecule has 1 rings (SSSR count). The lowest BCUT2D eigenvalue weighted by atomic mass is 9.74. The van der Waals surface area contributed by atoms with Gasteiger partial charge in [0.05, 0.1) is 0 Å². The first kappa shape index (κ1) is 15.8. The Bertz CT molecular complexity index is 235. The van der Waals surface area contributed by atoms with Gasteiger partial charge in [0.2, 0.25) is 0 Å². The highest BCUT2D eigenvalue weighted by molar-refractivity contribution is 4.89. The van der Waals surface area contributed by atoms with Crippen LogP contribution in [0.4, 0.5) is 13.2 Å². The van der Waals surface area contributed by atoms with E-state index in [1.165, 1.54) is 6.42 Å². The molecule has 1 saturated carbocycles. The summed E-state index contributed by atoms with van der Waals surface area (Å²) in [6.45, 7) is 1.19. The zero-order chi connectivity index (χ0) is 13.6. The summed E-state index contributed by atoms with van der Waals surface area (Å²) < 4.78 is 40.1. The van der Waals surface area contributed by atoms with Crippen molar-refractivity contribution in [2.75, 3.05) is 13.2 Å². The second kappa shape index (κ2) is 6.75. The summed E-state index contributed by atoms with van der Waals surface area (Å²) in [7, 11) is 0. The van der Waals surface area contributed by atoms with Gasteiger partial charge in [0.1, 0.15) is 6.61 Å². The van der Waals surface area contributed by atoms with E-state index in [0.29, 0.717) is 6.42 Å². The van der Waals surface area contributed by atoms with Gasteiger partial charge in [0, 0.05) is 12.1 Å². The third-order valence-electron chi connectivity index (χ3n) is 3.91. The molecule has 1 aliphatic carbocycles. The van der Waals surface area contributed by atoms with Crippen molar-refractivity contribution in [1.29, 1.82) is 0 Å². The predicted octanol–water partition coefficient (Wildman–Crippen LogP) is 3.64. The van der Waals surface area contributed by atoms with Gasteiger partial charge in [-0.2, -0.15) is 13.2 Å². The molecule has 0 atom stereocenters. The molecule has 0 aromatic rings. The van der Waals surface area contributed by atoms with Crippen molar-refractivity contribution in [3.8, 4) is 0 Å². The molecule has 0 amide bonds. The topological polar surface area (TPSA) is 35.2 Å². The zero-order valence-electron chi connectivity index (χ0n) is 11.1. The molecule has 0 radical (unpaired) electrons. The number of hydrogen-bond acceptors (Lipinski definition) is 2. The van der Waals surface area contributed by atoms with Crippen molar-refractivity contribution in [2.24, 2.45) is 11.7 Å². The fourth-order valence-corrected chi connectivity index (χ4v) is 2.62. The highest BCUT2D eigenvalue weighted by atomic mass is 19.4. The van der Waals surface area contributed by atoms with Crippen LogP contribution in [-0.4, -0.2) is 24.9 Å². The molecule has 0 unspecified atom stereocenters. The van der Waals surface area contributed by atoms with Crippen LogP contribution in [0.15, 0.2) is 0 Å². The Hall–Kier alpha value is -0.290. The SMILES string of the molecule is CCC1CCC(N)(CCCOCC(F)(F)F)CC1. The van der Waals surface area contributed by atoms with Crippen LogP contribution in [0, 0.1) is 5.92 Å². The van der Waals surface area contributed by atoms with Gasteiger partial charge in [-0.25, -0.2) is 0 Å². The number of halogens is 3. The molecule has 18 heavy (non-hydrogen) atoms. The Morgan fingerprint density at radius 1 is 1.28 bits per heavy atom. The highest BCUT2D eigenvalue weighted by Gasteiger charge is 2.31. The fourth-order valence-electron chi connectivity index (χ4n) is 2.62. The summed E-state index contributed by atoms with van der Waals surface area (Å²) in [5, 5.41) is 0. The zero-order valence-corrected chi connectivity index (χ0v) is 11.1. The first-order valence-electron chi connectivity index (χ1n) is 6.78. The first-order valence-corrected chi connectivity index (χ1v) is 6.78. The lowest BCUT2D eigenvalue weighted by molar-refractivity contribution is -0.174. The lowest BCUT2D eigenvalue weighted by Gasteiger charge is -2.37. The molecular weight excluding hydrogens is 243 g/mol. The molecule has 0 heterocycles. The minimum absolute atomic E-state index is 0.148. The van der Waals surface area contributed by atoms with Crippen LogP contribution in [-0.2, 0) is 4.74 Å². The van der Waals surface area contributed by atoms with Gasteiger partial charge in [0.25, 0.3) is 0 Å². The van der Waals surface area contributed by atoms with E-state index in [9.17, 15) is 13.2 Å². The van der Waals surface area contributed by atoms with Gasteiger partial charge in [-0.3, -0.25) is 0 Å². The van der Waals surface area contributed by atoms with Crippen LogP contribution in [0.2, 0.25) is 0 Å². The molecule has 1 aliphatic rings. The Labute approximate surface area is 107 Å². The van der Waals surface area contributed by atoms with Crippen molar-refractivity contribution in [3.05, 3.63) is 0 Å². The lowest BCUT2D eigenvalue weighted by Crippen LogP contribution is -2.43. The maximum Gasteiger partial charge on any atom is 0.411 e. The summed E-state index contributed by atoms with van der Waals surface area (Å²) in [5.41, 5.74) is 6.09. The van der Waals surface area contributed by atoms with Crippen molar-refractivity contribution < 1.29 is 17.9 Å². The largest absolute Gasteiger partial charge is 0.411 e. The van der Waals surface area contributed by atoms with Gasteiger partial charge < -0.3 is 10.5 Å². The number of hydrogen-bond donors (Lipinski definition) is 1. The van der Waals surface area contributed by atoms with Crippen molar-refractivity contribution in [1.82, 2.24) is 0 Å². The maximum atomic E-state index is 11.8. The molecular formula is C13H24F3NO. The molecule has 0 spiro atoms. The van der Waals surface area contributed by atoms with Gasteiger partial charge in [0.15, 0.2) is 0 Å². The summed E-state index contributed by atoms with van der Waals surface area (Å²) >= 11 is 0. The van der Waals surface area contributed by atoms with Crippen LogP contribution in [0.1, 0.15) is 51.9 Å². The van der Waals surface area contributed by atoms with Crippen molar-refractivity contribution in [3.63, 3.8) is 0 Å². The molecule has 0 aromatic heterocycles. The smallest absolute Gasteiger partial charge is 0.372 e. The standard InChI is InChI=1S/C13H24F3NO/c1-2-11-4-7-12(17,8-5-11)6-3-9-18-10-13(14,15)16/h11H,2-10,17H2,1H3. The summed E-state index contributed by atoms with van der Waals surface area (Å²) in [6, 6.07) is 0. The molecule has 108 valence electrons. The third-order valence-corrected chi connectivity index (χ3v) is 3.91. The Kier molecular flexibility index (Phi) is 5.92. The van der Waals surface area contributed by atoms with E-state index in [1.807, 2.05) is 0 Å². The van der Waals surface area contributed by atoms with Crippen LogP contribution in [0.5, 0.6) is 0 Å². The minimum Gasteiger partial charge on any atom is -0.372 e. The van der Waals surface area contributed by atoms with Gasteiger partial charge >= 0.3 is 6.18 Å². The predicted molar refractivity (Wildman–Crippen MR) is 65.3 cm³/mol. The Morgan fingerprint density at radius 3 is 2.39 bits per heavy atom.